The SMILES string of the molecule is CCNC(=NCC(CC(C)C)N1CCOCC1)NCCc1nc(C)c(C)s1.I. The second-order valence-corrected chi connectivity index (χ2v) is 8.87. The summed E-state index contributed by atoms with van der Waals surface area (Å²) in [6.45, 7) is 17.1. The third kappa shape index (κ3) is 8.92. The van der Waals surface area contributed by atoms with Crippen molar-refractivity contribution < 1.29 is 4.74 Å². The van der Waals surface area contributed by atoms with Gasteiger partial charge in [-0.3, -0.25) is 9.89 Å². The molecule has 162 valence electrons. The molecule has 0 amide bonds. The van der Waals surface area contributed by atoms with Crippen molar-refractivity contribution in [2.75, 3.05) is 45.9 Å². The van der Waals surface area contributed by atoms with Gasteiger partial charge in [-0.25, -0.2) is 4.98 Å². The van der Waals surface area contributed by atoms with E-state index in [2.05, 4.69) is 55.1 Å². The number of ether oxygens (including phenoxy) is 1. The summed E-state index contributed by atoms with van der Waals surface area (Å²) in [6, 6.07) is 0.480. The van der Waals surface area contributed by atoms with Crippen LogP contribution in [0.3, 0.4) is 0 Å². The summed E-state index contributed by atoms with van der Waals surface area (Å²) >= 11 is 1.79. The van der Waals surface area contributed by atoms with Crippen molar-refractivity contribution in [3.8, 4) is 0 Å². The molecule has 1 unspecified atom stereocenters. The molecule has 0 bridgehead atoms. The molecule has 1 aliphatic heterocycles. The van der Waals surface area contributed by atoms with Crippen LogP contribution in [0.2, 0.25) is 0 Å². The van der Waals surface area contributed by atoms with Crippen molar-refractivity contribution in [2.45, 2.75) is 53.5 Å². The minimum Gasteiger partial charge on any atom is -0.379 e. The quantitative estimate of drug-likeness (QED) is 0.296. The molecule has 1 atom stereocenters. The highest BCUT2D eigenvalue weighted by Gasteiger charge is 2.21. The number of halogens is 1. The fraction of sp³-hybridized carbons (Fsp3) is 0.800. The van der Waals surface area contributed by atoms with Crippen molar-refractivity contribution >= 4 is 41.3 Å². The Balaban J connectivity index is 0.00000392. The molecule has 0 aromatic carbocycles. The molecule has 1 aromatic rings. The second-order valence-electron chi connectivity index (χ2n) is 7.58. The van der Waals surface area contributed by atoms with Gasteiger partial charge in [-0.1, -0.05) is 13.8 Å². The molecule has 2 heterocycles. The average Bonchev–Trinajstić information content (AvgIpc) is 2.96. The van der Waals surface area contributed by atoms with Gasteiger partial charge in [-0.05, 0) is 33.1 Å². The molecule has 1 aromatic heterocycles. The van der Waals surface area contributed by atoms with Crippen LogP contribution in [0, 0.1) is 19.8 Å². The van der Waals surface area contributed by atoms with Crippen LogP contribution in [0.15, 0.2) is 4.99 Å². The molecule has 8 heteroatoms. The zero-order valence-electron chi connectivity index (χ0n) is 18.1. The zero-order valence-corrected chi connectivity index (χ0v) is 21.2. The first-order valence-electron chi connectivity index (χ1n) is 10.3. The number of hydrogen-bond donors (Lipinski definition) is 2. The molecule has 1 saturated heterocycles. The molecule has 6 nitrogen and oxygen atoms in total. The van der Waals surface area contributed by atoms with Gasteiger partial charge in [0.2, 0.25) is 0 Å². The normalized spacial score (nSPS) is 16.7. The van der Waals surface area contributed by atoms with Crippen LogP contribution < -0.4 is 10.6 Å². The number of rotatable bonds is 9. The minimum absolute atomic E-state index is 0. The Labute approximate surface area is 192 Å². The van der Waals surface area contributed by atoms with E-state index in [0.29, 0.717) is 12.0 Å². The Morgan fingerprint density at radius 3 is 2.54 bits per heavy atom. The Morgan fingerprint density at radius 2 is 1.96 bits per heavy atom. The zero-order chi connectivity index (χ0) is 19.6. The molecule has 1 aliphatic rings. The van der Waals surface area contributed by atoms with Crippen molar-refractivity contribution in [1.82, 2.24) is 20.5 Å². The highest BCUT2D eigenvalue weighted by atomic mass is 127. The number of morpholine rings is 1. The number of guanidine groups is 1. The molecule has 0 saturated carbocycles. The first-order valence-corrected chi connectivity index (χ1v) is 11.1. The van der Waals surface area contributed by atoms with Gasteiger partial charge in [-0.15, -0.1) is 35.3 Å². The predicted octanol–water partition coefficient (Wildman–Crippen LogP) is 3.22. The van der Waals surface area contributed by atoms with E-state index in [1.165, 1.54) is 16.3 Å². The first kappa shape index (κ1) is 25.6. The van der Waals surface area contributed by atoms with Crippen LogP contribution in [0.4, 0.5) is 0 Å². The number of hydrogen-bond acceptors (Lipinski definition) is 5. The summed E-state index contributed by atoms with van der Waals surface area (Å²) in [5.41, 5.74) is 1.15. The Hall–Kier alpha value is -0.450. The standard InChI is InChI=1S/C20H37N5OS.HI/c1-6-21-20(22-8-7-19-24-16(4)17(5)27-19)23-14-18(13-15(2)3)25-9-11-26-12-10-25;/h15,18H,6-14H2,1-5H3,(H2,21,22,23);1H. The van der Waals surface area contributed by atoms with Gasteiger partial charge in [0.05, 0.1) is 30.5 Å². The van der Waals surface area contributed by atoms with Gasteiger partial charge in [0.25, 0.3) is 0 Å². The molecular weight excluding hydrogens is 485 g/mol. The maximum atomic E-state index is 5.52. The van der Waals surface area contributed by atoms with Crippen molar-refractivity contribution in [1.29, 1.82) is 0 Å². The van der Waals surface area contributed by atoms with Crippen LogP contribution in [-0.4, -0.2) is 67.8 Å². The fourth-order valence-corrected chi connectivity index (χ4v) is 4.23. The Morgan fingerprint density at radius 1 is 1.25 bits per heavy atom. The van der Waals surface area contributed by atoms with Crippen molar-refractivity contribution in [2.24, 2.45) is 10.9 Å². The molecular formula is C20H38IN5OS. The second kappa shape index (κ2) is 13.7. The van der Waals surface area contributed by atoms with Crippen molar-refractivity contribution in [3.05, 3.63) is 15.6 Å². The molecule has 2 N–H and O–H groups in total. The van der Waals surface area contributed by atoms with Crippen LogP contribution in [0.1, 0.15) is 42.8 Å². The topological polar surface area (TPSA) is 61.8 Å². The van der Waals surface area contributed by atoms with E-state index in [4.69, 9.17) is 9.73 Å². The smallest absolute Gasteiger partial charge is 0.191 e. The lowest BCUT2D eigenvalue weighted by atomic mass is 10.0. The number of thiazole rings is 1. The molecule has 0 spiro atoms. The first-order chi connectivity index (χ1) is 13.0. The molecule has 0 aliphatic carbocycles. The summed E-state index contributed by atoms with van der Waals surface area (Å²) < 4.78 is 5.52. The van der Waals surface area contributed by atoms with Gasteiger partial charge in [-0.2, -0.15) is 0 Å². The van der Waals surface area contributed by atoms with Crippen molar-refractivity contribution in [3.63, 3.8) is 0 Å². The summed E-state index contributed by atoms with van der Waals surface area (Å²) in [7, 11) is 0. The summed E-state index contributed by atoms with van der Waals surface area (Å²) in [6.07, 6.45) is 2.10. The van der Waals surface area contributed by atoms with Gasteiger partial charge < -0.3 is 15.4 Å². The lowest BCUT2D eigenvalue weighted by Gasteiger charge is -2.34. The van der Waals surface area contributed by atoms with E-state index in [-0.39, 0.29) is 24.0 Å². The number of aliphatic imine (C=N–C) groups is 1. The van der Waals surface area contributed by atoms with E-state index in [0.717, 1.165) is 64.0 Å². The Bertz CT molecular complexity index is 568. The minimum atomic E-state index is 0. The van der Waals surface area contributed by atoms with Gasteiger partial charge in [0, 0.05) is 43.5 Å². The summed E-state index contributed by atoms with van der Waals surface area (Å²) in [5.74, 6) is 1.57. The summed E-state index contributed by atoms with van der Waals surface area (Å²) in [5, 5.41) is 8.04. The largest absolute Gasteiger partial charge is 0.379 e. The highest BCUT2D eigenvalue weighted by Crippen LogP contribution is 2.16. The lowest BCUT2D eigenvalue weighted by Crippen LogP contribution is -2.46. The monoisotopic (exact) mass is 523 g/mol. The summed E-state index contributed by atoms with van der Waals surface area (Å²) in [4.78, 5) is 13.4. The van der Waals surface area contributed by atoms with Crippen LogP contribution in [0.5, 0.6) is 0 Å². The Kier molecular flexibility index (Phi) is 12.5. The fourth-order valence-electron chi connectivity index (χ4n) is 3.30. The van der Waals surface area contributed by atoms with Crippen LogP contribution in [0.25, 0.3) is 0 Å². The maximum absolute atomic E-state index is 5.52. The number of aryl methyl sites for hydroxylation is 2. The highest BCUT2D eigenvalue weighted by molar-refractivity contribution is 14.0. The third-order valence-electron chi connectivity index (χ3n) is 4.81. The molecule has 28 heavy (non-hydrogen) atoms. The number of aromatic nitrogens is 1. The molecule has 1 fully saturated rings. The maximum Gasteiger partial charge on any atom is 0.191 e. The third-order valence-corrected chi connectivity index (χ3v) is 5.95. The molecule has 0 radical (unpaired) electrons. The van der Waals surface area contributed by atoms with Crippen LogP contribution >= 0.6 is 35.3 Å². The van der Waals surface area contributed by atoms with Crippen LogP contribution in [-0.2, 0) is 11.2 Å². The number of nitrogens with zero attached hydrogens (tertiary/aromatic N) is 3. The van der Waals surface area contributed by atoms with E-state index >= 15 is 0 Å². The van der Waals surface area contributed by atoms with Gasteiger partial charge >= 0.3 is 0 Å². The number of nitrogens with one attached hydrogen (secondary N) is 2. The lowest BCUT2D eigenvalue weighted by molar-refractivity contribution is 0.0143. The van der Waals surface area contributed by atoms with Gasteiger partial charge in [0.1, 0.15) is 0 Å². The van der Waals surface area contributed by atoms with E-state index in [1.54, 1.807) is 11.3 Å². The predicted molar refractivity (Wildman–Crippen MR) is 130 cm³/mol. The van der Waals surface area contributed by atoms with E-state index < -0.39 is 0 Å². The average molecular weight is 524 g/mol. The molecule has 2 rings (SSSR count). The van der Waals surface area contributed by atoms with Gasteiger partial charge in [0.15, 0.2) is 5.96 Å². The van der Waals surface area contributed by atoms with E-state index in [9.17, 15) is 0 Å². The van der Waals surface area contributed by atoms with E-state index in [1.807, 2.05) is 0 Å².